The highest BCUT2D eigenvalue weighted by Gasteiger charge is 2.24. The van der Waals surface area contributed by atoms with Gasteiger partial charge in [-0.2, -0.15) is 0 Å². The van der Waals surface area contributed by atoms with Crippen LogP contribution in [0.4, 0.5) is 10.5 Å². The number of anilines is 1. The number of aromatic nitrogens is 1. The molecule has 2 N–H and O–H groups in total. The van der Waals surface area contributed by atoms with Crippen LogP contribution >= 0.6 is 11.9 Å². The van der Waals surface area contributed by atoms with Crippen LogP contribution in [0.25, 0.3) is 22.2 Å². The summed E-state index contributed by atoms with van der Waals surface area (Å²) in [4.78, 5) is 20.8. The van der Waals surface area contributed by atoms with Gasteiger partial charge >= 0.3 is 6.09 Å². The van der Waals surface area contributed by atoms with Crippen molar-refractivity contribution in [1.82, 2.24) is 14.2 Å². The molecule has 0 aliphatic carbocycles. The molecule has 3 aromatic rings. The number of hydrogen-bond acceptors (Lipinski definition) is 7. The molecular formula is C26H32N4O4S. The van der Waals surface area contributed by atoms with Gasteiger partial charge in [0.05, 0.1) is 19.3 Å². The minimum absolute atomic E-state index is 0.273. The number of likely N-dealkylation sites (N-methyl/N-ethyl adjacent to an activating group) is 1. The van der Waals surface area contributed by atoms with Gasteiger partial charge in [-0.05, 0) is 55.7 Å². The molecule has 1 atom stereocenters. The summed E-state index contributed by atoms with van der Waals surface area (Å²) in [5.74, 6) is 0. The van der Waals surface area contributed by atoms with Crippen molar-refractivity contribution < 1.29 is 19.4 Å². The summed E-state index contributed by atoms with van der Waals surface area (Å²) < 4.78 is 12.8. The molecule has 1 aromatic heterocycles. The van der Waals surface area contributed by atoms with Crippen molar-refractivity contribution in [3.8, 4) is 11.3 Å². The highest BCUT2D eigenvalue weighted by molar-refractivity contribution is 7.97. The number of hydrogen-bond donors (Lipinski definition) is 2. The molecule has 0 radical (unpaired) electrons. The summed E-state index contributed by atoms with van der Waals surface area (Å²) in [6.45, 7) is 4.73. The van der Waals surface area contributed by atoms with Crippen LogP contribution in [0.15, 0.2) is 53.4 Å². The lowest BCUT2D eigenvalue weighted by Gasteiger charge is -2.26. The third kappa shape index (κ3) is 5.75. The van der Waals surface area contributed by atoms with E-state index in [1.54, 1.807) is 16.8 Å². The summed E-state index contributed by atoms with van der Waals surface area (Å²) in [6.07, 6.45) is 0.227. The van der Waals surface area contributed by atoms with Crippen LogP contribution < -0.4 is 4.90 Å². The molecule has 2 aliphatic heterocycles. The summed E-state index contributed by atoms with van der Waals surface area (Å²) in [7, 11) is 2.00. The van der Waals surface area contributed by atoms with Crippen molar-refractivity contribution in [3.05, 3.63) is 48.5 Å². The topological polar surface area (TPSA) is 81.3 Å². The van der Waals surface area contributed by atoms with E-state index in [0.29, 0.717) is 46.0 Å². The van der Waals surface area contributed by atoms with E-state index in [-0.39, 0.29) is 12.2 Å². The Bertz CT molecular complexity index is 1130. The molecule has 1 unspecified atom stereocenters. The van der Waals surface area contributed by atoms with Gasteiger partial charge in [0.25, 0.3) is 0 Å². The molecule has 2 aliphatic rings. The van der Waals surface area contributed by atoms with E-state index in [1.807, 2.05) is 19.2 Å². The van der Waals surface area contributed by atoms with Gasteiger partial charge in [0.2, 0.25) is 0 Å². The number of carbonyl (C=O) groups excluding carboxylic acids is 1. The summed E-state index contributed by atoms with van der Waals surface area (Å²) >= 11 is 1.62. The van der Waals surface area contributed by atoms with Gasteiger partial charge in [0, 0.05) is 65.5 Å². The lowest BCUT2D eigenvalue weighted by atomic mass is 10.1. The van der Waals surface area contributed by atoms with E-state index in [1.165, 1.54) is 5.39 Å². The molecule has 186 valence electrons. The van der Waals surface area contributed by atoms with Crippen LogP contribution in [0.5, 0.6) is 0 Å². The zero-order valence-corrected chi connectivity index (χ0v) is 20.8. The normalized spacial score (nSPS) is 18.5. The first-order chi connectivity index (χ1) is 17.1. The fraction of sp³-hybridized carbons (Fsp3) is 0.423. The molecule has 5 rings (SSSR count). The molecule has 8 nitrogen and oxygen atoms in total. The Hall–Kier alpha value is -2.72. The van der Waals surface area contributed by atoms with Crippen molar-refractivity contribution in [2.24, 2.45) is 0 Å². The maximum absolute atomic E-state index is 12.2. The summed E-state index contributed by atoms with van der Waals surface area (Å²) in [6, 6.07) is 16.9. The minimum Gasteiger partial charge on any atom is -0.448 e. The Morgan fingerprint density at radius 2 is 2.03 bits per heavy atom. The largest absolute Gasteiger partial charge is 0.448 e. The van der Waals surface area contributed by atoms with E-state index < -0.39 is 0 Å². The lowest BCUT2D eigenvalue weighted by molar-refractivity contribution is 0.0267. The maximum Gasteiger partial charge on any atom is 0.409 e. The Morgan fingerprint density at radius 3 is 2.80 bits per heavy atom. The van der Waals surface area contributed by atoms with Gasteiger partial charge in [0.1, 0.15) is 6.61 Å². The number of aliphatic hydroxyl groups is 1. The molecule has 1 amide bonds. The molecule has 2 fully saturated rings. The number of benzene rings is 2. The molecule has 0 bridgehead atoms. The van der Waals surface area contributed by atoms with Crippen LogP contribution in [-0.2, 0) is 9.47 Å². The molecule has 2 aromatic carbocycles. The zero-order valence-electron chi connectivity index (χ0n) is 20.0. The molecule has 2 saturated heterocycles. The van der Waals surface area contributed by atoms with Gasteiger partial charge < -0.3 is 29.4 Å². The standard InChI is InChI=1S/C26H32N4O4S/c1-28(10-15-34-26(32)29-11-13-33-14-12-29)35-21-6-7-25(30-9-8-20(31)18-30)22(17-21)24-16-19-4-2-3-5-23(19)27-24/h2-7,16-17,20,27,31H,8-15,18H2,1H3. The summed E-state index contributed by atoms with van der Waals surface area (Å²) in [5.41, 5.74) is 4.41. The molecule has 35 heavy (non-hydrogen) atoms. The number of para-hydroxylation sites is 1. The van der Waals surface area contributed by atoms with E-state index in [0.717, 1.165) is 40.3 Å². The zero-order chi connectivity index (χ0) is 24.2. The fourth-order valence-electron chi connectivity index (χ4n) is 4.57. The third-order valence-electron chi connectivity index (χ3n) is 6.45. The van der Waals surface area contributed by atoms with Crippen molar-refractivity contribution in [3.63, 3.8) is 0 Å². The number of aliphatic hydroxyl groups excluding tert-OH is 1. The van der Waals surface area contributed by atoms with E-state index in [2.05, 4.69) is 50.6 Å². The van der Waals surface area contributed by atoms with E-state index >= 15 is 0 Å². The van der Waals surface area contributed by atoms with Gasteiger partial charge in [0.15, 0.2) is 0 Å². The predicted octanol–water partition coefficient (Wildman–Crippen LogP) is 3.81. The number of amides is 1. The second-order valence-corrected chi connectivity index (χ2v) is 10.3. The SMILES string of the molecule is CN(CCOC(=O)N1CCOCC1)Sc1ccc(N2CCC(O)C2)c(-c2cc3ccccc3[nH]2)c1. The van der Waals surface area contributed by atoms with Gasteiger partial charge in [-0.3, -0.25) is 0 Å². The molecule has 9 heteroatoms. The predicted molar refractivity (Wildman–Crippen MR) is 139 cm³/mol. The third-order valence-corrected chi connectivity index (χ3v) is 7.41. The Labute approximate surface area is 209 Å². The van der Waals surface area contributed by atoms with Crippen LogP contribution in [0.2, 0.25) is 0 Å². The Balaban J connectivity index is 1.28. The number of nitrogens with one attached hydrogen (secondary N) is 1. The van der Waals surface area contributed by atoms with Gasteiger partial charge in [-0.15, -0.1) is 0 Å². The first kappa shape index (κ1) is 24.0. The average molecular weight is 497 g/mol. The van der Waals surface area contributed by atoms with Crippen molar-refractivity contribution in [2.75, 3.05) is 64.5 Å². The monoisotopic (exact) mass is 496 g/mol. The number of rotatable bonds is 7. The van der Waals surface area contributed by atoms with Crippen molar-refractivity contribution in [2.45, 2.75) is 17.4 Å². The Kier molecular flexibility index (Phi) is 7.48. The molecular weight excluding hydrogens is 464 g/mol. The first-order valence-electron chi connectivity index (χ1n) is 12.1. The van der Waals surface area contributed by atoms with E-state index in [4.69, 9.17) is 9.47 Å². The molecule has 0 spiro atoms. The average Bonchev–Trinajstić information content (AvgIpc) is 3.50. The lowest BCUT2D eigenvalue weighted by Crippen LogP contribution is -2.41. The van der Waals surface area contributed by atoms with E-state index in [9.17, 15) is 9.90 Å². The molecule has 3 heterocycles. The van der Waals surface area contributed by atoms with Crippen LogP contribution in [0, 0.1) is 0 Å². The smallest absolute Gasteiger partial charge is 0.409 e. The maximum atomic E-state index is 12.2. The number of β-amino-alcohol motifs (C(OH)–C–C–N with tert-alkyl or cyclic N) is 1. The number of H-pyrrole nitrogens is 1. The molecule has 0 saturated carbocycles. The van der Waals surface area contributed by atoms with Crippen molar-refractivity contribution >= 4 is 34.6 Å². The number of carbonyl (C=O) groups is 1. The number of ether oxygens (including phenoxy) is 2. The number of aromatic amines is 1. The highest BCUT2D eigenvalue weighted by atomic mass is 32.2. The highest BCUT2D eigenvalue weighted by Crippen LogP contribution is 2.37. The first-order valence-corrected chi connectivity index (χ1v) is 12.9. The quantitative estimate of drug-likeness (QED) is 0.482. The summed E-state index contributed by atoms with van der Waals surface area (Å²) in [5, 5.41) is 11.3. The number of fused-ring (bicyclic) bond motifs is 1. The van der Waals surface area contributed by atoms with Crippen LogP contribution in [0.3, 0.4) is 0 Å². The number of morpholine rings is 1. The van der Waals surface area contributed by atoms with Gasteiger partial charge in [-0.1, -0.05) is 18.2 Å². The second-order valence-electron chi connectivity index (χ2n) is 8.99. The van der Waals surface area contributed by atoms with Crippen LogP contribution in [0.1, 0.15) is 6.42 Å². The Morgan fingerprint density at radius 1 is 1.20 bits per heavy atom. The minimum atomic E-state index is -0.286. The fourth-order valence-corrected chi connectivity index (χ4v) is 5.39. The second kappa shape index (κ2) is 10.9. The van der Waals surface area contributed by atoms with Crippen LogP contribution in [-0.4, -0.2) is 91.1 Å². The van der Waals surface area contributed by atoms with Crippen molar-refractivity contribution in [1.29, 1.82) is 0 Å². The number of nitrogens with zero attached hydrogens (tertiary/aromatic N) is 3. The van der Waals surface area contributed by atoms with Gasteiger partial charge in [-0.25, -0.2) is 9.10 Å².